The molecule has 0 aliphatic rings. The lowest BCUT2D eigenvalue weighted by Crippen LogP contribution is -2.07. The molecule has 0 radical (unpaired) electrons. The molecule has 2 rings (SSSR count). The van der Waals surface area contributed by atoms with Gasteiger partial charge in [-0.15, -0.1) is 0 Å². The summed E-state index contributed by atoms with van der Waals surface area (Å²) in [5.74, 6) is 0.478. The summed E-state index contributed by atoms with van der Waals surface area (Å²) in [5.41, 5.74) is 1.73. The topological polar surface area (TPSA) is 40.5 Å². The van der Waals surface area contributed by atoms with Gasteiger partial charge in [-0.05, 0) is 24.6 Å². The van der Waals surface area contributed by atoms with Crippen LogP contribution in [0.25, 0.3) is 10.9 Å². The van der Waals surface area contributed by atoms with E-state index in [0.717, 1.165) is 22.2 Å². The fourth-order valence-corrected chi connectivity index (χ4v) is 2.51. The van der Waals surface area contributed by atoms with Crippen molar-refractivity contribution in [1.29, 1.82) is 0 Å². The molecule has 0 bridgehead atoms. The van der Waals surface area contributed by atoms with E-state index in [1.165, 1.54) is 0 Å². The Morgan fingerprint density at radius 3 is 2.79 bits per heavy atom. The third-order valence-electron chi connectivity index (χ3n) is 2.97. The summed E-state index contributed by atoms with van der Waals surface area (Å²) in [4.78, 5) is 11.6. The van der Waals surface area contributed by atoms with Crippen LogP contribution in [-0.4, -0.2) is 24.3 Å². The molecule has 0 saturated carbocycles. The van der Waals surface area contributed by atoms with Crippen LogP contribution in [0, 0.1) is 0 Å². The third-order valence-corrected chi connectivity index (χ3v) is 3.29. The van der Waals surface area contributed by atoms with Gasteiger partial charge >= 0.3 is 5.97 Å². The Kier molecular flexibility index (Phi) is 4.00. The summed E-state index contributed by atoms with van der Waals surface area (Å²) in [6, 6.07) is 3.59. The van der Waals surface area contributed by atoms with E-state index in [9.17, 15) is 4.79 Å². The molecule has 5 heteroatoms. The maximum absolute atomic E-state index is 11.6. The molecular weight excluding hydrogens is 266 g/mol. The Hall–Kier alpha value is -1.68. The molecule has 1 heterocycles. The van der Waals surface area contributed by atoms with Crippen LogP contribution in [0.4, 0.5) is 0 Å². The molecule has 0 spiro atoms. The predicted octanol–water partition coefficient (Wildman–Crippen LogP) is 2.95. The first-order chi connectivity index (χ1) is 9.08. The number of hydrogen-bond acceptors (Lipinski definition) is 3. The summed E-state index contributed by atoms with van der Waals surface area (Å²) < 4.78 is 12.2. The highest BCUT2D eigenvalue weighted by Crippen LogP contribution is 2.35. The molecule has 0 amide bonds. The number of benzene rings is 1. The minimum absolute atomic E-state index is 0.206. The molecule has 2 aromatic rings. The summed E-state index contributed by atoms with van der Waals surface area (Å²) in [6.07, 6.45) is 2.09. The second-order valence-electron chi connectivity index (χ2n) is 4.22. The Labute approximate surface area is 116 Å². The van der Waals surface area contributed by atoms with Crippen molar-refractivity contribution in [3.8, 4) is 5.75 Å². The number of fused-ring (bicyclic) bond motifs is 1. The number of aromatic nitrogens is 1. The smallest absolute Gasteiger partial charge is 0.310 e. The highest BCUT2D eigenvalue weighted by Gasteiger charge is 2.17. The van der Waals surface area contributed by atoms with Gasteiger partial charge in [-0.2, -0.15) is 0 Å². The van der Waals surface area contributed by atoms with E-state index in [-0.39, 0.29) is 12.4 Å². The fourth-order valence-electron chi connectivity index (χ4n) is 2.23. The van der Waals surface area contributed by atoms with Crippen molar-refractivity contribution in [2.75, 3.05) is 13.7 Å². The molecule has 0 unspecified atom stereocenters. The lowest BCUT2D eigenvalue weighted by Gasteiger charge is -2.06. The zero-order chi connectivity index (χ0) is 14.0. The van der Waals surface area contributed by atoms with E-state index in [1.807, 2.05) is 23.9 Å². The van der Waals surface area contributed by atoms with Crippen molar-refractivity contribution >= 4 is 28.5 Å². The molecule has 4 nitrogen and oxygen atoms in total. The number of ether oxygens (including phenoxy) is 2. The van der Waals surface area contributed by atoms with Gasteiger partial charge in [0.2, 0.25) is 0 Å². The number of carbonyl (C=O) groups is 1. The third kappa shape index (κ3) is 2.54. The molecule has 0 atom stereocenters. The van der Waals surface area contributed by atoms with Gasteiger partial charge in [0, 0.05) is 18.6 Å². The largest absolute Gasteiger partial charge is 0.495 e. The van der Waals surface area contributed by atoms with E-state index in [0.29, 0.717) is 11.6 Å². The number of esters is 1. The van der Waals surface area contributed by atoms with Gasteiger partial charge < -0.3 is 14.0 Å². The summed E-state index contributed by atoms with van der Waals surface area (Å²) in [7, 11) is 3.51. The molecular formula is C14H16ClNO3. The summed E-state index contributed by atoms with van der Waals surface area (Å²) in [5, 5.41) is 1.45. The molecule has 0 fully saturated rings. The maximum atomic E-state index is 11.6. The van der Waals surface area contributed by atoms with Gasteiger partial charge in [-0.1, -0.05) is 11.6 Å². The van der Waals surface area contributed by atoms with Gasteiger partial charge in [0.1, 0.15) is 5.75 Å². The van der Waals surface area contributed by atoms with Crippen molar-refractivity contribution in [2.24, 2.45) is 7.05 Å². The van der Waals surface area contributed by atoms with Crippen molar-refractivity contribution in [3.05, 3.63) is 28.9 Å². The van der Waals surface area contributed by atoms with Crippen LogP contribution in [0.15, 0.2) is 18.3 Å². The van der Waals surface area contributed by atoms with Gasteiger partial charge in [-0.3, -0.25) is 4.79 Å². The average molecular weight is 282 g/mol. The highest BCUT2D eigenvalue weighted by molar-refractivity contribution is 6.36. The minimum Gasteiger partial charge on any atom is -0.495 e. The van der Waals surface area contributed by atoms with E-state index in [1.54, 1.807) is 20.1 Å². The second-order valence-corrected chi connectivity index (χ2v) is 4.63. The van der Waals surface area contributed by atoms with E-state index < -0.39 is 0 Å². The fraction of sp³-hybridized carbons (Fsp3) is 0.357. The van der Waals surface area contributed by atoms with E-state index in [2.05, 4.69) is 0 Å². The number of methoxy groups -OCH3 is 1. The lowest BCUT2D eigenvalue weighted by molar-refractivity contribution is -0.142. The zero-order valence-corrected chi connectivity index (χ0v) is 12.0. The van der Waals surface area contributed by atoms with Crippen LogP contribution in [0.1, 0.15) is 12.5 Å². The number of carbonyl (C=O) groups excluding carboxylic acids is 1. The summed E-state index contributed by atoms with van der Waals surface area (Å²) in [6.45, 7) is 2.16. The van der Waals surface area contributed by atoms with Crippen LogP contribution < -0.4 is 4.74 Å². The number of rotatable bonds is 4. The van der Waals surface area contributed by atoms with Gasteiger partial charge in [0.25, 0.3) is 0 Å². The van der Waals surface area contributed by atoms with Crippen LogP contribution in [0.3, 0.4) is 0 Å². The SMILES string of the molecule is CCOC(=O)Cc1cn(C)c2c(OC)ccc(Cl)c12. The molecule has 0 N–H and O–H groups in total. The lowest BCUT2D eigenvalue weighted by atomic mass is 10.1. The second kappa shape index (κ2) is 5.53. The Bertz CT molecular complexity index is 619. The minimum atomic E-state index is -0.256. The Morgan fingerprint density at radius 2 is 2.16 bits per heavy atom. The Balaban J connectivity index is 2.54. The zero-order valence-electron chi connectivity index (χ0n) is 11.2. The van der Waals surface area contributed by atoms with Crippen molar-refractivity contribution in [3.63, 3.8) is 0 Å². The van der Waals surface area contributed by atoms with Crippen molar-refractivity contribution in [1.82, 2.24) is 4.57 Å². The van der Waals surface area contributed by atoms with Crippen molar-refractivity contribution < 1.29 is 14.3 Å². The van der Waals surface area contributed by atoms with Crippen LogP contribution in [0.5, 0.6) is 5.75 Å². The number of halogens is 1. The molecule has 0 saturated heterocycles. The molecule has 19 heavy (non-hydrogen) atoms. The monoisotopic (exact) mass is 281 g/mol. The van der Waals surface area contributed by atoms with Gasteiger partial charge in [0.05, 0.1) is 30.7 Å². The summed E-state index contributed by atoms with van der Waals surface area (Å²) >= 11 is 6.24. The molecule has 0 aliphatic carbocycles. The first kappa shape index (κ1) is 13.7. The van der Waals surface area contributed by atoms with Crippen LogP contribution in [0.2, 0.25) is 5.02 Å². The van der Waals surface area contributed by atoms with Crippen LogP contribution in [-0.2, 0) is 23.0 Å². The molecule has 1 aromatic heterocycles. The number of aryl methyl sites for hydroxylation is 1. The maximum Gasteiger partial charge on any atom is 0.310 e. The average Bonchev–Trinajstić information content (AvgIpc) is 2.68. The highest BCUT2D eigenvalue weighted by atomic mass is 35.5. The standard InChI is InChI=1S/C14H16ClNO3/c1-4-19-12(17)7-9-8-16(2)14-11(18-3)6-5-10(15)13(9)14/h5-6,8H,4,7H2,1-3H3. The predicted molar refractivity (Wildman–Crippen MR) is 74.8 cm³/mol. The first-order valence-electron chi connectivity index (χ1n) is 6.04. The van der Waals surface area contributed by atoms with Gasteiger partial charge in [0.15, 0.2) is 0 Å². The first-order valence-corrected chi connectivity index (χ1v) is 6.42. The normalized spacial score (nSPS) is 10.7. The van der Waals surface area contributed by atoms with Gasteiger partial charge in [-0.25, -0.2) is 0 Å². The molecule has 102 valence electrons. The van der Waals surface area contributed by atoms with E-state index >= 15 is 0 Å². The number of hydrogen-bond donors (Lipinski definition) is 0. The van der Waals surface area contributed by atoms with Crippen LogP contribution >= 0.6 is 11.6 Å². The van der Waals surface area contributed by atoms with Crippen molar-refractivity contribution in [2.45, 2.75) is 13.3 Å². The quantitative estimate of drug-likeness (QED) is 0.809. The van der Waals surface area contributed by atoms with E-state index in [4.69, 9.17) is 21.1 Å². The molecule has 1 aromatic carbocycles. The Morgan fingerprint density at radius 1 is 1.42 bits per heavy atom. The molecule has 0 aliphatic heterocycles. The number of nitrogens with zero attached hydrogens (tertiary/aromatic N) is 1.